The maximum atomic E-state index is 9.65. The van der Waals surface area contributed by atoms with Crippen LogP contribution < -0.4 is 0 Å². The first kappa shape index (κ1) is 14.2. The van der Waals surface area contributed by atoms with Gasteiger partial charge in [-0.25, -0.2) is 9.50 Å². The van der Waals surface area contributed by atoms with Gasteiger partial charge in [0.25, 0.3) is 0 Å². The Morgan fingerprint density at radius 2 is 1.95 bits per heavy atom. The Balaban J connectivity index is 2.01. The van der Waals surface area contributed by atoms with Crippen molar-refractivity contribution in [1.29, 1.82) is 0 Å². The molecular weight excluding hydrogens is 282 g/mol. The Labute approximate surface area is 128 Å². The number of hydrogen-bond acceptors (Lipinski definition) is 4. The van der Waals surface area contributed by atoms with Crippen molar-refractivity contribution >= 4 is 16.3 Å². The third kappa shape index (κ3) is 2.71. The van der Waals surface area contributed by atoms with Gasteiger partial charge in [-0.15, -0.1) is 0 Å². The predicted molar refractivity (Wildman–Crippen MR) is 85.5 cm³/mol. The number of aryl methyl sites for hydroxylation is 1. The first-order chi connectivity index (χ1) is 10.1. The summed E-state index contributed by atoms with van der Waals surface area (Å²) in [5.74, 6) is 0.647. The molecule has 3 aromatic rings. The van der Waals surface area contributed by atoms with Crippen molar-refractivity contribution in [2.24, 2.45) is 5.92 Å². The van der Waals surface area contributed by atoms with E-state index in [9.17, 15) is 5.11 Å². The Kier molecular flexibility index (Phi) is 3.78. The molecular formula is C16H19N3OS. The van der Waals surface area contributed by atoms with Crippen molar-refractivity contribution in [2.75, 3.05) is 0 Å². The summed E-state index contributed by atoms with van der Waals surface area (Å²) in [6.07, 6.45) is 1.08. The first-order valence-corrected chi connectivity index (χ1v) is 7.95. The minimum Gasteiger partial charge on any atom is -0.390 e. The number of imidazole rings is 1. The second kappa shape index (κ2) is 5.58. The van der Waals surface area contributed by atoms with E-state index in [0.29, 0.717) is 5.92 Å². The summed E-state index contributed by atoms with van der Waals surface area (Å²) in [7, 11) is 0. The highest BCUT2D eigenvalue weighted by molar-refractivity contribution is 7.16. The van der Waals surface area contributed by atoms with Gasteiger partial charge in [0.15, 0.2) is 0 Å². The molecule has 21 heavy (non-hydrogen) atoms. The molecule has 0 unspecified atom stereocenters. The molecule has 2 aromatic heterocycles. The highest BCUT2D eigenvalue weighted by Crippen LogP contribution is 2.27. The fourth-order valence-corrected chi connectivity index (χ4v) is 3.29. The lowest BCUT2D eigenvalue weighted by Crippen LogP contribution is -1.96. The summed E-state index contributed by atoms with van der Waals surface area (Å²) in [6, 6.07) is 8.44. The molecule has 0 saturated heterocycles. The smallest absolute Gasteiger partial charge is 0.213 e. The quantitative estimate of drug-likeness (QED) is 0.803. The summed E-state index contributed by atoms with van der Waals surface area (Å²) in [5, 5.41) is 15.0. The van der Waals surface area contributed by atoms with E-state index in [1.807, 2.05) is 6.92 Å². The van der Waals surface area contributed by atoms with Crippen molar-refractivity contribution in [3.63, 3.8) is 0 Å². The van der Waals surface area contributed by atoms with Crippen molar-refractivity contribution in [1.82, 2.24) is 14.6 Å². The number of rotatable bonds is 4. The van der Waals surface area contributed by atoms with Crippen LogP contribution in [0.3, 0.4) is 0 Å². The second-order valence-electron chi connectivity index (χ2n) is 5.68. The zero-order valence-electron chi connectivity index (χ0n) is 12.5. The average molecular weight is 301 g/mol. The zero-order valence-corrected chi connectivity index (χ0v) is 13.3. The number of aromatic nitrogens is 3. The summed E-state index contributed by atoms with van der Waals surface area (Å²) < 4.78 is 1.75. The van der Waals surface area contributed by atoms with E-state index >= 15 is 0 Å². The van der Waals surface area contributed by atoms with Gasteiger partial charge in [0.1, 0.15) is 5.01 Å². The van der Waals surface area contributed by atoms with Gasteiger partial charge >= 0.3 is 0 Å². The molecule has 1 aromatic carbocycles. The molecule has 110 valence electrons. The van der Waals surface area contributed by atoms with Crippen molar-refractivity contribution in [3.05, 3.63) is 40.5 Å². The monoisotopic (exact) mass is 301 g/mol. The van der Waals surface area contributed by atoms with Gasteiger partial charge in [-0.3, -0.25) is 0 Å². The van der Waals surface area contributed by atoms with Crippen LogP contribution in [0.1, 0.15) is 30.1 Å². The van der Waals surface area contributed by atoms with E-state index < -0.39 is 0 Å². The molecule has 0 aliphatic carbocycles. The van der Waals surface area contributed by atoms with Gasteiger partial charge in [-0.1, -0.05) is 49.4 Å². The molecule has 0 atom stereocenters. The number of aliphatic hydroxyl groups excluding tert-OH is 1. The van der Waals surface area contributed by atoms with E-state index in [4.69, 9.17) is 0 Å². The topological polar surface area (TPSA) is 50.4 Å². The number of fused-ring (bicyclic) bond motifs is 1. The fraction of sp³-hybridized carbons (Fsp3) is 0.375. The normalized spacial score (nSPS) is 11.7. The summed E-state index contributed by atoms with van der Waals surface area (Å²) in [5.41, 5.74) is 3.94. The lowest BCUT2D eigenvalue weighted by Gasteiger charge is -2.06. The SMILES string of the molecule is Cc1nn2c(CO)c(-c3ccc(CC(C)C)cc3)nc2s1. The number of aliphatic hydroxyl groups is 1. The van der Waals surface area contributed by atoms with Gasteiger partial charge < -0.3 is 5.11 Å². The molecule has 0 aliphatic heterocycles. The highest BCUT2D eigenvalue weighted by atomic mass is 32.1. The summed E-state index contributed by atoms with van der Waals surface area (Å²) in [6.45, 7) is 6.32. The van der Waals surface area contributed by atoms with Crippen molar-refractivity contribution in [3.8, 4) is 11.3 Å². The fourth-order valence-electron chi connectivity index (χ4n) is 2.53. The van der Waals surface area contributed by atoms with Crippen LogP contribution in [0, 0.1) is 12.8 Å². The molecule has 0 bridgehead atoms. The van der Waals surface area contributed by atoms with Crippen molar-refractivity contribution in [2.45, 2.75) is 33.8 Å². The molecule has 0 spiro atoms. The van der Waals surface area contributed by atoms with E-state index in [-0.39, 0.29) is 6.61 Å². The van der Waals surface area contributed by atoms with Gasteiger partial charge in [0, 0.05) is 5.56 Å². The van der Waals surface area contributed by atoms with Crippen LogP contribution in [0.4, 0.5) is 0 Å². The van der Waals surface area contributed by atoms with Crippen LogP contribution in [-0.2, 0) is 13.0 Å². The van der Waals surface area contributed by atoms with Gasteiger partial charge in [-0.05, 0) is 24.8 Å². The summed E-state index contributed by atoms with van der Waals surface area (Å²) >= 11 is 1.54. The average Bonchev–Trinajstić information content (AvgIpc) is 2.94. The maximum absolute atomic E-state index is 9.65. The van der Waals surface area contributed by atoms with Gasteiger partial charge in [-0.2, -0.15) is 5.10 Å². The van der Waals surface area contributed by atoms with Crippen LogP contribution in [0.15, 0.2) is 24.3 Å². The Morgan fingerprint density at radius 1 is 1.24 bits per heavy atom. The molecule has 3 rings (SSSR count). The van der Waals surface area contributed by atoms with Crippen LogP contribution in [0.25, 0.3) is 16.2 Å². The highest BCUT2D eigenvalue weighted by Gasteiger charge is 2.16. The van der Waals surface area contributed by atoms with Crippen molar-refractivity contribution < 1.29 is 5.11 Å². The van der Waals surface area contributed by atoms with E-state index in [1.54, 1.807) is 4.52 Å². The van der Waals surface area contributed by atoms with Crippen LogP contribution in [0.5, 0.6) is 0 Å². The molecule has 0 radical (unpaired) electrons. The maximum Gasteiger partial charge on any atom is 0.213 e. The Bertz CT molecular complexity index is 756. The van der Waals surface area contributed by atoms with Crippen LogP contribution in [-0.4, -0.2) is 19.7 Å². The zero-order chi connectivity index (χ0) is 15.0. The number of benzene rings is 1. The molecule has 0 amide bonds. The van der Waals surface area contributed by atoms with E-state index in [0.717, 1.165) is 33.3 Å². The lowest BCUT2D eigenvalue weighted by atomic mass is 10.0. The third-order valence-electron chi connectivity index (χ3n) is 3.42. The Morgan fingerprint density at radius 3 is 2.57 bits per heavy atom. The molecule has 0 aliphatic rings. The minimum atomic E-state index is -0.0621. The third-order valence-corrected chi connectivity index (χ3v) is 4.24. The van der Waals surface area contributed by atoms with E-state index in [2.05, 4.69) is 48.2 Å². The number of hydrogen-bond donors (Lipinski definition) is 1. The molecule has 2 heterocycles. The minimum absolute atomic E-state index is 0.0621. The van der Waals surface area contributed by atoms with Gasteiger partial charge in [0.05, 0.1) is 18.0 Å². The molecule has 1 N–H and O–H groups in total. The van der Waals surface area contributed by atoms with Gasteiger partial charge in [0.2, 0.25) is 4.96 Å². The number of nitrogens with zero attached hydrogens (tertiary/aromatic N) is 3. The second-order valence-corrected chi connectivity index (χ2v) is 6.84. The lowest BCUT2D eigenvalue weighted by molar-refractivity contribution is 0.275. The summed E-state index contributed by atoms with van der Waals surface area (Å²) in [4.78, 5) is 5.46. The van der Waals surface area contributed by atoms with Crippen LogP contribution in [0.2, 0.25) is 0 Å². The van der Waals surface area contributed by atoms with E-state index in [1.165, 1.54) is 16.9 Å². The van der Waals surface area contributed by atoms with Crippen LogP contribution >= 0.6 is 11.3 Å². The first-order valence-electron chi connectivity index (χ1n) is 7.13. The molecule has 0 fully saturated rings. The molecule has 0 saturated carbocycles. The predicted octanol–water partition coefficient (Wildman–Crippen LogP) is 3.46. The standard InChI is InChI=1S/C16H19N3OS/c1-10(2)8-12-4-6-13(7-5-12)15-14(9-20)19-16(17-15)21-11(3)18-19/h4-7,10,20H,8-9H2,1-3H3. The molecule has 5 heteroatoms. The Hall–Kier alpha value is -1.72. The molecule has 4 nitrogen and oxygen atoms in total. The largest absolute Gasteiger partial charge is 0.390 e.